The summed E-state index contributed by atoms with van der Waals surface area (Å²) < 4.78 is 1.82. The Labute approximate surface area is 173 Å². The number of anilines is 1. The molecule has 2 aromatic rings. The van der Waals surface area contributed by atoms with Gasteiger partial charge >= 0.3 is 0 Å². The monoisotopic (exact) mass is 423 g/mol. The number of hydrogen-bond acceptors (Lipinski definition) is 6. The summed E-state index contributed by atoms with van der Waals surface area (Å²) in [6.45, 7) is 8.01. The molecule has 3 rings (SSSR count). The SMILES string of the molecule is CC(C)CSc1nnc(SCC(=O)Nc2ccc(C[NH+]3CCCC3)cc2)s1. The van der Waals surface area contributed by atoms with E-state index < -0.39 is 0 Å². The predicted molar refractivity (Wildman–Crippen MR) is 115 cm³/mol. The van der Waals surface area contributed by atoms with Gasteiger partial charge in [0.15, 0.2) is 8.68 Å². The van der Waals surface area contributed by atoms with Gasteiger partial charge in [-0.2, -0.15) is 0 Å². The summed E-state index contributed by atoms with van der Waals surface area (Å²) >= 11 is 4.73. The predicted octanol–water partition coefficient (Wildman–Crippen LogP) is 3.20. The van der Waals surface area contributed by atoms with E-state index in [4.69, 9.17) is 0 Å². The molecule has 2 N–H and O–H groups in total. The lowest BCUT2D eigenvalue weighted by Gasteiger charge is -2.12. The number of hydrogen-bond donors (Lipinski definition) is 2. The minimum atomic E-state index is -0.00972. The van der Waals surface area contributed by atoms with Gasteiger partial charge < -0.3 is 10.2 Å². The second-order valence-electron chi connectivity index (χ2n) is 7.21. The molecule has 2 heterocycles. The number of carbonyl (C=O) groups is 1. The summed E-state index contributed by atoms with van der Waals surface area (Å²) in [5.74, 6) is 2.01. The van der Waals surface area contributed by atoms with Crippen LogP contribution in [-0.4, -0.2) is 40.7 Å². The Balaban J connectivity index is 1.41. The van der Waals surface area contributed by atoms with Gasteiger partial charge in [0, 0.05) is 29.8 Å². The fourth-order valence-electron chi connectivity index (χ4n) is 2.92. The van der Waals surface area contributed by atoms with Crippen LogP contribution in [0.1, 0.15) is 32.3 Å². The maximum Gasteiger partial charge on any atom is 0.234 e. The van der Waals surface area contributed by atoms with Crippen molar-refractivity contribution in [1.82, 2.24) is 10.2 Å². The molecule has 1 aliphatic rings. The van der Waals surface area contributed by atoms with Gasteiger partial charge in [0.2, 0.25) is 5.91 Å². The van der Waals surface area contributed by atoms with Crippen molar-refractivity contribution in [3.63, 3.8) is 0 Å². The molecule has 0 radical (unpaired) electrons. The van der Waals surface area contributed by atoms with Gasteiger partial charge in [-0.15, -0.1) is 10.2 Å². The molecule has 0 spiro atoms. The highest BCUT2D eigenvalue weighted by Gasteiger charge is 2.15. The molecule has 0 saturated carbocycles. The van der Waals surface area contributed by atoms with Crippen molar-refractivity contribution in [2.45, 2.75) is 41.9 Å². The molecule has 1 amide bonds. The quantitative estimate of drug-likeness (QED) is 0.607. The molecule has 0 atom stereocenters. The summed E-state index contributed by atoms with van der Waals surface area (Å²) in [6.07, 6.45) is 2.68. The number of amides is 1. The van der Waals surface area contributed by atoms with E-state index in [1.165, 1.54) is 43.3 Å². The molecule has 8 heteroatoms. The van der Waals surface area contributed by atoms with Crippen molar-refractivity contribution in [3.8, 4) is 0 Å². The molecular formula is C19H27N4OS3+. The normalized spacial score (nSPS) is 14.8. The van der Waals surface area contributed by atoms with Gasteiger partial charge in [-0.3, -0.25) is 4.79 Å². The van der Waals surface area contributed by atoms with Crippen LogP contribution in [0.2, 0.25) is 0 Å². The number of rotatable bonds is 9. The number of carbonyl (C=O) groups excluding carboxylic acids is 1. The first-order valence-electron chi connectivity index (χ1n) is 9.40. The van der Waals surface area contributed by atoms with Gasteiger partial charge in [0.1, 0.15) is 6.54 Å². The lowest BCUT2D eigenvalue weighted by Crippen LogP contribution is -3.08. The Hall–Kier alpha value is -1.09. The standard InChI is InChI=1S/C19H26N4OS3/c1-14(2)12-25-18-21-22-19(27-18)26-13-17(24)20-16-7-5-15(6-8-16)11-23-9-3-4-10-23/h5-8,14H,3-4,9-13H2,1-2H3,(H,20,24)/p+1. The van der Waals surface area contributed by atoms with Crippen LogP contribution < -0.4 is 10.2 Å². The summed E-state index contributed by atoms with van der Waals surface area (Å²) in [5.41, 5.74) is 2.19. The Morgan fingerprint density at radius 1 is 1.15 bits per heavy atom. The second-order valence-corrected chi connectivity index (χ2v) is 10.7. The molecule has 0 aliphatic carbocycles. The Morgan fingerprint density at radius 3 is 2.48 bits per heavy atom. The molecule has 0 bridgehead atoms. The smallest absolute Gasteiger partial charge is 0.234 e. The van der Waals surface area contributed by atoms with E-state index in [0.717, 1.165) is 26.7 Å². The van der Waals surface area contributed by atoms with Crippen molar-refractivity contribution in [3.05, 3.63) is 29.8 Å². The minimum Gasteiger partial charge on any atom is -0.331 e. The van der Waals surface area contributed by atoms with Crippen molar-refractivity contribution in [2.75, 3.05) is 29.9 Å². The largest absolute Gasteiger partial charge is 0.331 e. The van der Waals surface area contributed by atoms with Crippen LogP contribution in [0.25, 0.3) is 0 Å². The highest BCUT2D eigenvalue weighted by Crippen LogP contribution is 2.29. The average Bonchev–Trinajstić information content (AvgIpc) is 3.32. The number of aromatic nitrogens is 2. The second kappa shape index (κ2) is 10.5. The molecule has 1 saturated heterocycles. The zero-order chi connectivity index (χ0) is 19.1. The fraction of sp³-hybridized carbons (Fsp3) is 0.526. The van der Waals surface area contributed by atoms with Gasteiger partial charge in [-0.25, -0.2) is 0 Å². The number of thioether (sulfide) groups is 2. The summed E-state index contributed by atoms with van der Waals surface area (Å²) in [6, 6.07) is 8.24. The van der Waals surface area contributed by atoms with Crippen LogP contribution in [-0.2, 0) is 11.3 Å². The first kappa shape index (κ1) is 20.6. The molecule has 5 nitrogen and oxygen atoms in total. The van der Waals surface area contributed by atoms with E-state index in [2.05, 4.69) is 41.5 Å². The first-order valence-corrected chi connectivity index (χ1v) is 12.2. The Bertz CT molecular complexity index is 727. The van der Waals surface area contributed by atoms with Gasteiger partial charge in [-0.1, -0.05) is 60.8 Å². The molecule has 1 fully saturated rings. The molecule has 146 valence electrons. The number of quaternary nitrogens is 1. The van der Waals surface area contributed by atoms with Crippen LogP contribution in [0, 0.1) is 5.92 Å². The first-order chi connectivity index (χ1) is 13.1. The van der Waals surface area contributed by atoms with Gasteiger partial charge in [-0.05, 0) is 18.1 Å². The lowest BCUT2D eigenvalue weighted by molar-refractivity contribution is -0.901. The molecule has 1 aromatic heterocycles. The van der Waals surface area contributed by atoms with Gasteiger partial charge in [0.05, 0.1) is 18.8 Å². The third-order valence-electron chi connectivity index (χ3n) is 4.26. The zero-order valence-electron chi connectivity index (χ0n) is 15.9. The molecule has 1 aromatic carbocycles. The molecule has 27 heavy (non-hydrogen) atoms. The van der Waals surface area contributed by atoms with Gasteiger partial charge in [0.25, 0.3) is 0 Å². The Kier molecular flexibility index (Phi) is 7.99. The average molecular weight is 424 g/mol. The van der Waals surface area contributed by atoms with Crippen molar-refractivity contribution in [1.29, 1.82) is 0 Å². The van der Waals surface area contributed by atoms with E-state index in [1.807, 2.05) is 12.1 Å². The number of benzene rings is 1. The molecule has 0 unspecified atom stereocenters. The van der Waals surface area contributed by atoms with Crippen LogP contribution in [0.4, 0.5) is 5.69 Å². The lowest BCUT2D eigenvalue weighted by atomic mass is 10.2. The van der Waals surface area contributed by atoms with Crippen molar-refractivity contribution in [2.24, 2.45) is 5.92 Å². The van der Waals surface area contributed by atoms with Crippen LogP contribution in [0.15, 0.2) is 32.9 Å². The number of nitrogens with one attached hydrogen (secondary N) is 2. The highest BCUT2D eigenvalue weighted by molar-refractivity contribution is 8.03. The van der Waals surface area contributed by atoms with Crippen LogP contribution >= 0.6 is 34.9 Å². The zero-order valence-corrected chi connectivity index (χ0v) is 18.3. The van der Waals surface area contributed by atoms with E-state index in [1.54, 1.807) is 28.0 Å². The van der Waals surface area contributed by atoms with E-state index >= 15 is 0 Å². The Morgan fingerprint density at radius 2 is 1.81 bits per heavy atom. The van der Waals surface area contributed by atoms with Crippen molar-refractivity contribution < 1.29 is 9.69 Å². The maximum atomic E-state index is 12.2. The number of nitrogens with zero attached hydrogens (tertiary/aromatic N) is 2. The van der Waals surface area contributed by atoms with E-state index in [9.17, 15) is 4.79 Å². The third-order valence-corrected chi connectivity index (χ3v) is 7.87. The van der Waals surface area contributed by atoms with Crippen LogP contribution in [0.3, 0.4) is 0 Å². The van der Waals surface area contributed by atoms with Crippen molar-refractivity contribution >= 4 is 46.5 Å². The molecule has 1 aliphatic heterocycles. The number of likely N-dealkylation sites (tertiary alicyclic amines) is 1. The summed E-state index contributed by atoms with van der Waals surface area (Å²) in [5, 5.41) is 11.3. The fourth-order valence-corrected chi connectivity index (χ4v) is 5.72. The van der Waals surface area contributed by atoms with E-state index in [-0.39, 0.29) is 5.91 Å². The van der Waals surface area contributed by atoms with E-state index in [0.29, 0.717) is 11.7 Å². The minimum absolute atomic E-state index is 0.00972. The van der Waals surface area contributed by atoms with Crippen LogP contribution in [0.5, 0.6) is 0 Å². The topological polar surface area (TPSA) is 59.3 Å². The maximum absolute atomic E-state index is 12.2. The highest BCUT2D eigenvalue weighted by atomic mass is 32.2. The summed E-state index contributed by atoms with van der Waals surface area (Å²) in [4.78, 5) is 13.8. The summed E-state index contributed by atoms with van der Waals surface area (Å²) in [7, 11) is 0. The third kappa shape index (κ3) is 7.10. The molecular weight excluding hydrogens is 396 g/mol.